The van der Waals surface area contributed by atoms with Gasteiger partial charge >= 0.3 is 6.18 Å². The van der Waals surface area contributed by atoms with Crippen molar-refractivity contribution < 1.29 is 18.0 Å². The fourth-order valence-electron chi connectivity index (χ4n) is 3.94. The number of nitrogens with zero attached hydrogens (tertiary/aromatic N) is 4. The Morgan fingerprint density at radius 1 is 1.05 bits per heavy atom. The first-order valence-corrected chi connectivity index (χ1v) is 11.7. The molecule has 0 atom stereocenters. The molecule has 1 fully saturated rings. The Bertz CT molecular complexity index is 1340. The molecule has 3 aromatic rings. The fourth-order valence-corrected chi connectivity index (χ4v) is 3.94. The number of amides is 1. The number of nitrogen functional groups attached to an aromatic ring is 1. The maximum atomic E-state index is 13.9. The second-order valence-corrected chi connectivity index (χ2v) is 9.01. The Morgan fingerprint density at radius 2 is 1.81 bits per heavy atom. The van der Waals surface area contributed by atoms with E-state index in [9.17, 15) is 18.0 Å². The number of aromatic nitrogens is 2. The van der Waals surface area contributed by atoms with Crippen LogP contribution in [0.1, 0.15) is 38.3 Å². The minimum absolute atomic E-state index is 0.0739. The lowest BCUT2D eigenvalue weighted by atomic mass is 10.0. The molecule has 192 valence electrons. The largest absolute Gasteiger partial charge is 0.416 e. The summed E-state index contributed by atoms with van der Waals surface area (Å²) in [4.78, 5) is 25.1. The van der Waals surface area contributed by atoms with Crippen LogP contribution in [0.25, 0.3) is 0 Å². The van der Waals surface area contributed by atoms with Gasteiger partial charge in [-0.3, -0.25) is 9.69 Å². The molecule has 0 unspecified atom stereocenters. The molecule has 0 aliphatic carbocycles. The number of aryl methyl sites for hydroxylation is 1. The Morgan fingerprint density at radius 3 is 2.49 bits per heavy atom. The lowest BCUT2D eigenvalue weighted by Crippen LogP contribution is -2.44. The second-order valence-electron chi connectivity index (χ2n) is 9.01. The predicted octanol–water partition coefficient (Wildman–Crippen LogP) is 3.79. The van der Waals surface area contributed by atoms with Crippen molar-refractivity contribution in [2.45, 2.75) is 19.6 Å². The number of piperazine rings is 1. The van der Waals surface area contributed by atoms with Crippen LogP contribution >= 0.6 is 0 Å². The number of halogens is 3. The van der Waals surface area contributed by atoms with Gasteiger partial charge in [-0.15, -0.1) is 0 Å². The number of nitrogens with two attached hydrogens (primary N) is 1. The van der Waals surface area contributed by atoms with Crippen LogP contribution in [0.5, 0.6) is 0 Å². The van der Waals surface area contributed by atoms with Crippen molar-refractivity contribution in [2.75, 3.05) is 44.3 Å². The van der Waals surface area contributed by atoms with Crippen LogP contribution in [0.3, 0.4) is 0 Å². The SMILES string of the molecule is Cc1ccc(C(=O)Nc2ccc(CN3CCN(C)CC3)c(C(F)(F)F)c2)cc1C#Cc1cnc(N)cn1. The van der Waals surface area contributed by atoms with E-state index in [2.05, 4.69) is 32.0 Å². The second kappa shape index (κ2) is 11.0. The van der Waals surface area contributed by atoms with Crippen molar-refractivity contribution >= 4 is 17.4 Å². The normalized spacial score (nSPS) is 14.6. The standard InChI is InChI=1S/C27H27F3N6O/c1-18-3-4-20(13-19(18)5-8-23-15-33-25(31)16-32-23)26(37)34-22-7-6-21(24(14-22)27(28,29)30)17-36-11-9-35(2)10-12-36/h3-4,6-7,13-16H,9-12,17H2,1-2H3,(H2,31,33)(H,34,37). The number of hydrogen-bond donors (Lipinski definition) is 2. The lowest BCUT2D eigenvalue weighted by Gasteiger charge is -2.33. The summed E-state index contributed by atoms with van der Waals surface area (Å²) >= 11 is 0. The molecule has 1 amide bonds. The van der Waals surface area contributed by atoms with Crippen LogP contribution in [0, 0.1) is 18.8 Å². The van der Waals surface area contributed by atoms with Crippen LogP contribution in [0.2, 0.25) is 0 Å². The monoisotopic (exact) mass is 508 g/mol. The predicted molar refractivity (Wildman–Crippen MR) is 136 cm³/mol. The first kappa shape index (κ1) is 26.1. The van der Waals surface area contributed by atoms with E-state index in [0.717, 1.165) is 24.7 Å². The zero-order chi connectivity index (χ0) is 26.6. The van der Waals surface area contributed by atoms with Gasteiger partial charge in [0.05, 0.1) is 18.0 Å². The average molecular weight is 509 g/mol. The number of alkyl halides is 3. The number of carbonyl (C=O) groups is 1. The summed E-state index contributed by atoms with van der Waals surface area (Å²) in [5, 5.41) is 2.59. The highest BCUT2D eigenvalue weighted by Gasteiger charge is 2.34. The molecule has 2 heterocycles. The van der Waals surface area contributed by atoms with E-state index in [1.54, 1.807) is 18.2 Å². The molecule has 4 rings (SSSR count). The summed E-state index contributed by atoms with van der Waals surface area (Å²) in [7, 11) is 1.99. The quantitative estimate of drug-likeness (QED) is 0.522. The van der Waals surface area contributed by atoms with Gasteiger partial charge in [0.1, 0.15) is 11.5 Å². The molecule has 7 nitrogen and oxygen atoms in total. The highest BCUT2D eigenvalue weighted by atomic mass is 19.4. The third kappa shape index (κ3) is 6.84. The zero-order valence-electron chi connectivity index (χ0n) is 20.6. The maximum absolute atomic E-state index is 13.9. The Labute approximate surface area is 213 Å². The average Bonchev–Trinajstić information content (AvgIpc) is 2.86. The molecule has 2 aromatic carbocycles. The van der Waals surface area contributed by atoms with Gasteiger partial charge in [0.25, 0.3) is 5.91 Å². The smallest absolute Gasteiger partial charge is 0.382 e. The van der Waals surface area contributed by atoms with Crippen molar-refractivity contribution in [1.29, 1.82) is 0 Å². The zero-order valence-corrected chi connectivity index (χ0v) is 20.6. The van der Waals surface area contributed by atoms with Gasteiger partial charge < -0.3 is 16.0 Å². The van der Waals surface area contributed by atoms with Gasteiger partial charge in [0, 0.05) is 49.5 Å². The number of benzene rings is 2. The van der Waals surface area contributed by atoms with E-state index in [1.807, 2.05) is 18.9 Å². The molecule has 1 aromatic heterocycles. The van der Waals surface area contributed by atoms with Gasteiger partial charge in [-0.05, 0) is 55.3 Å². The van der Waals surface area contributed by atoms with Crippen LogP contribution in [-0.4, -0.2) is 58.9 Å². The summed E-state index contributed by atoms with van der Waals surface area (Å²) < 4.78 is 41.6. The van der Waals surface area contributed by atoms with Gasteiger partial charge in [0.15, 0.2) is 0 Å². The minimum Gasteiger partial charge on any atom is -0.382 e. The number of hydrogen-bond acceptors (Lipinski definition) is 6. The third-order valence-corrected chi connectivity index (χ3v) is 6.16. The van der Waals surface area contributed by atoms with Gasteiger partial charge in [0.2, 0.25) is 0 Å². The molecule has 1 saturated heterocycles. The maximum Gasteiger partial charge on any atom is 0.416 e. The molecule has 0 spiro atoms. The fraction of sp³-hybridized carbons (Fsp3) is 0.296. The van der Waals surface area contributed by atoms with Crippen molar-refractivity contribution in [2.24, 2.45) is 0 Å². The molecular formula is C27H27F3N6O. The first-order valence-electron chi connectivity index (χ1n) is 11.7. The van der Waals surface area contributed by atoms with Gasteiger partial charge in [-0.2, -0.15) is 13.2 Å². The highest BCUT2D eigenvalue weighted by Crippen LogP contribution is 2.34. The van der Waals surface area contributed by atoms with Crippen molar-refractivity contribution in [3.8, 4) is 11.8 Å². The summed E-state index contributed by atoms with van der Waals surface area (Å²) in [6, 6.07) is 8.87. The summed E-state index contributed by atoms with van der Waals surface area (Å²) in [5.41, 5.74) is 7.16. The first-order chi connectivity index (χ1) is 17.6. The molecule has 0 saturated carbocycles. The van der Waals surface area contributed by atoms with E-state index in [-0.39, 0.29) is 29.2 Å². The number of nitrogens with one attached hydrogen (secondary N) is 1. The van der Waals surface area contributed by atoms with Crippen molar-refractivity contribution in [1.82, 2.24) is 19.8 Å². The number of anilines is 2. The topological polar surface area (TPSA) is 87.4 Å². The molecular weight excluding hydrogens is 481 g/mol. The van der Waals surface area contributed by atoms with Crippen LogP contribution < -0.4 is 11.1 Å². The molecule has 0 radical (unpaired) electrons. The molecule has 0 bridgehead atoms. The van der Waals surface area contributed by atoms with Crippen LogP contribution in [-0.2, 0) is 12.7 Å². The molecule has 10 heteroatoms. The minimum atomic E-state index is -4.54. The summed E-state index contributed by atoms with van der Waals surface area (Å²) in [6.45, 7) is 5.08. The number of likely N-dealkylation sites (N-methyl/N-ethyl adjacent to an activating group) is 1. The van der Waals surface area contributed by atoms with E-state index >= 15 is 0 Å². The summed E-state index contributed by atoms with van der Waals surface area (Å²) in [5.74, 6) is 5.57. The van der Waals surface area contributed by atoms with E-state index in [4.69, 9.17) is 5.73 Å². The third-order valence-electron chi connectivity index (χ3n) is 6.16. The van der Waals surface area contributed by atoms with E-state index in [0.29, 0.717) is 24.3 Å². The molecule has 37 heavy (non-hydrogen) atoms. The Balaban J connectivity index is 1.52. The van der Waals surface area contributed by atoms with Crippen molar-refractivity contribution in [3.63, 3.8) is 0 Å². The van der Waals surface area contributed by atoms with Crippen LogP contribution in [0.4, 0.5) is 24.7 Å². The number of rotatable bonds is 4. The number of carbonyl (C=O) groups excluding carboxylic acids is 1. The molecule has 1 aliphatic rings. The molecule has 3 N–H and O–H groups in total. The highest BCUT2D eigenvalue weighted by molar-refractivity contribution is 6.04. The van der Waals surface area contributed by atoms with Gasteiger partial charge in [-0.25, -0.2) is 9.97 Å². The lowest BCUT2D eigenvalue weighted by molar-refractivity contribution is -0.138. The Hall–Kier alpha value is -3.94. The van der Waals surface area contributed by atoms with Crippen LogP contribution in [0.15, 0.2) is 48.8 Å². The van der Waals surface area contributed by atoms with Gasteiger partial charge in [-0.1, -0.05) is 18.1 Å². The van der Waals surface area contributed by atoms with E-state index in [1.165, 1.54) is 24.5 Å². The van der Waals surface area contributed by atoms with E-state index < -0.39 is 17.6 Å². The molecule has 1 aliphatic heterocycles. The van der Waals surface area contributed by atoms with Crippen molar-refractivity contribution in [3.05, 3.63) is 82.3 Å². The Kier molecular flexibility index (Phi) is 7.76. The summed E-state index contributed by atoms with van der Waals surface area (Å²) in [6.07, 6.45) is -1.70.